The Morgan fingerprint density at radius 2 is 1.88 bits per heavy atom. The van der Waals surface area contributed by atoms with Crippen molar-refractivity contribution in [1.29, 1.82) is 0 Å². The Kier molecular flexibility index (Phi) is 7.74. The molecule has 0 spiro atoms. The van der Waals surface area contributed by atoms with Gasteiger partial charge < -0.3 is 14.1 Å². The zero-order valence-electron chi connectivity index (χ0n) is 13.5. The van der Waals surface area contributed by atoms with E-state index < -0.39 is 0 Å². The summed E-state index contributed by atoms with van der Waals surface area (Å²) in [6.07, 6.45) is 0.237. The number of benzene rings is 2. The number of ether oxygens (including phenoxy) is 1. The maximum atomic E-state index is 11.9. The molecule has 0 aliphatic heterocycles. The van der Waals surface area contributed by atoms with Crippen LogP contribution in [0.1, 0.15) is 13.0 Å². The first-order chi connectivity index (χ1) is 11.0. The maximum absolute atomic E-state index is 11.9. The lowest BCUT2D eigenvalue weighted by atomic mass is 10.1. The van der Waals surface area contributed by atoms with Crippen LogP contribution >= 0.6 is 24.0 Å². The predicted molar refractivity (Wildman–Crippen MR) is 106 cm³/mol. The molecule has 0 saturated heterocycles. The molecule has 0 aliphatic carbocycles. The largest absolute Gasteiger partial charge is 0.464 e. The minimum Gasteiger partial charge on any atom is -0.464 e. The third kappa shape index (κ3) is 5.11. The van der Waals surface area contributed by atoms with E-state index in [2.05, 4.69) is 0 Å². The van der Waals surface area contributed by atoms with Gasteiger partial charge in [0.15, 0.2) is 0 Å². The van der Waals surface area contributed by atoms with Crippen LogP contribution in [0.4, 0.5) is 0 Å². The Bertz CT molecular complexity index is 858. The number of furan rings is 1. The Balaban J connectivity index is 0.00000156. The van der Waals surface area contributed by atoms with Gasteiger partial charge in [-0.15, -0.1) is 12.4 Å². The molecule has 3 rings (SSSR count). The van der Waals surface area contributed by atoms with Crippen LogP contribution in [-0.2, 0) is 16.0 Å². The molecule has 6 heteroatoms. The smallest absolute Gasteiger partial charge is 0.310 e. The van der Waals surface area contributed by atoms with Crippen molar-refractivity contribution in [1.82, 2.24) is 4.90 Å². The minimum absolute atomic E-state index is 0. The highest BCUT2D eigenvalue weighted by Crippen LogP contribution is 2.31. The monoisotopic (exact) mass is 383 g/mol. The molecule has 1 heterocycles. The molecule has 0 amide bonds. The van der Waals surface area contributed by atoms with Crippen molar-refractivity contribution in [3.63, 3.8) is 0 Å². The van der Waals surface area contributed by atoms with E-state index >= 15 is 0 Å². The summed E-state index contributed by atoms with van der Waals surface area (Å²) in [5.74, 6) is -0.231. The molecule has 4 nitrogen and oxygen atoms in total. The first-order valence-corrected chi connectivity index (χ1v) is 7.82. The van der Waals surface area contributed by atoms with Crippen molar-refractivity contribution in [3.8, 4) is 0 Å². The number of halogens is 2. The minimum atomic E-state index is -0.231. The topological polar surface area (TPSA) is 42.7 Å². The highest BCUT2D eigenvalue weighted by atomic mass is 35.5. The van der Waals surface area contributed by atoms with Gasteiger partial charge in [0, 0.05) is 22.3 Å². The summed E-state index contributed by atoms with van der Waals surface area (Å²) in [4.78, 5) is 13.8. The van der Waals surface area contributed by atoms with E-state index in [4.69, 9.17) is 20.8 Å². The van der Waals surface area contributed by atoms with Crippen molar-refractivity contribution in [2.24, 2.45) is 0 Å². The number of carbonyl (C=O) groups excluding carboxylic acids is 1. The predicted octanol–water partition coefficient (Wildman–Crippen LogP) is 4.94. The van der Waals surface area contributed by atoms with Crippen LogP contribution < -0.4 is 0 Å². The van der Waals surface area contributed by atoms with Crippen LogP contribution in [0, 0.1) is 0 Å². The van der Waals surface area contributed by atoms with Gasteiger partial charge in [0.25, 0.3) is 0 Å². The van der Waals surface area contributed by atoms with E-state index in [1.807, 2.05) is 49.3 Å². The van der Waals surface area contributed by atoms with Gasteiger partial charge in [-0.3, -0.25) is 4.79 Å². The summed E-state index contributed by atoms with van der Waals surface area (Å²) < 4.78 is 11.0. The fraction of sp³-hybridized carbons (Fsp3) is 0.316. The molecule has 0 N–H and O–H groups in total. The summed E-state index contributed by atoms with van der Waals surface area (Å²) in [7, 11) is 3.88. The first-order valence-electron chi connectivity index (χ1n) is 7.44. The Morgan fingerprint density at radius 1 is 1.12 bits per heavy atom. The molecule has 0 aliphatic rings. The molecule has 0 saturated carbocycles. The summed E-state index contributed by atoms with van der Waals surface area (Å²) in [5.41, 5.74) is 2.41. The number of hydrogen-bond acceptors (Lipinski definition) is 4. The van der Waals surface area contributed by atoms with E-state index in [1.165, 1.54) is 0 Å². The van der Waals surface area contributed by atoms with Crippen molar-refractivity contribution in [2.75, 3.05) is 27.2 Å². The average molecular weight is 384 g/mol. The number of hydrogen-bond donors (Lipinski definition) is 0. The number of esters is 1. The number of nitrogens with zero attached hydrogens (tertiary/aromatic N) is 1. The number of rotatable bonds is 5. The van der Waals surface area contributed by atoms with Crippen LogP contribution in [0.25, 0.3) is 21.9 Å². The Labute approximate surface area is 159 Å². The average Bonchev–Trinajstić information content (AvgIpc) is 2.83. The zero-order chi connectivity index (χ0) is 16.4. The number of likely N-dealkylation sites (N-methyl/N-ethyl adjacent to an activating group) is 1. The van der Waals surface area contributed by atoms with Crippen LogP contribution in [0.5, 0.6) is 0 Å². The standard InChI is InChI=1S/C18H18ClNO3.CH4.ClH/c1-20(2)7-8-22-18(21)10-12-3-5-14-15-11-13(19)4-6-16(15)23-17(14)9-12;;/h3-6,9,11H,7-8,10H2,1-2H3;1H4;1H. The van der Waals surface area contributed by atoms with E-state index in [1.54, 1.807) is 6.07 Å². The molecule has 1 aromatic heterocycles. The Morgan fingerprint density at radius 3 is 2.60 bits per heavy atom. The van der Waals surface area contributed by atoms with Crippen molar-refractivity contribution >= 4 is 51.9 Å². The van der Waals surface area contributed by atoms with Crippen molar-refractivity contribution in [2.45, 2.75) is 13.8 Å². The number of fused-ring (bicyclic) bond motifs is 3. The SMILES string of the molecule is C.CN(C)CCOC(=O)Cc1ccc2c(c1)oc1ccc(Cl)cc12.Cl. The fourth-order valence-electron chi connectivity index (χ4n) is 2.46. The molecule has 0 radical (unpaired) electrons. The molecule has 0 unspecified atom stereocenters. The second-order valence-corrected chi connectivity index (χ2v) is 6.21. The summed E-state index contributed by atoms with van der Waals surface area (Å²) in [5, 5.41) is 2.65. The third-order valence-electron chi connectivity index (χ3n) is 3.65. The molecule has 136 valence electrons. The molecule has 0 bridgehead atoms. The highest BCUT2D eigenvalue weighted by molar-refractivity contribution is 6.31. The molecule has 0 fully saturated rings. The second kappa shape index (κ2) is 9.09. The van der Waals surface area contributed by atoms with Crippen LogP contribution in [0.15, 0.2) is 40.8 Å². The van der Waals surface area contributed by atoms with Gasteiger partial charge in [0.2, 0.25) is 0 Å². The maximum Gasteiger partial charge on any atom is 0.310 e. The summed E-state index contributed by atoms with van der Waals surface area (Å²) >= 11 is 6.04. The normalized spacial score (nSPS) is 10.6. The molecule has 2 aromatic carbocycles. The van der Waals surface area contributed by atoms with E-state index in [9.17, 15) is 4.79 Å². The summed E-state index contributed by atoms with van der Waals surface area (Å²) in [6.45, 7) is 1.12. The van der Waals surface area contributed by atoms with Gasteiger partial charge in [0.1, 0.15) is 17.8 Å². The third-order valence-corrected chi connectivity index (χ3v) is 3.88. The van der Waals surface area contributed by atoms with Gasteiger partial charge in [-0.1, -0.05) is 31.2 Å². The van der Waals surface area contributed by atoms with Crippen LogP contribution in [0.2, 0.25) is 5.02 Å². The molecular formula is C19H23Cl2NO3. The van der Waals surface area contributed by atoms with Crippen LogP contribution in [-0.4, -0.2) is 38.1 Å². The van der Waals surface area contributed by atoms with E-state index in [0.717, 1.165) is 34.0 Å². The van der Waals surface area contributed by atoms with E-state index in [-0.39, 0.29) is 32.2 Å². The zero-order valence-corrected chi connectivity index (χ0v) is 15.1. The quantitative estimate of drug-likeness (QED) is 0.584. The van der Waals surface area contributed by atoms with E-state index in [0.29, 0.717) is 11.6 Å². The summed E-state index contributed by atoms with van der Waals surface area (Å²) in [6, 6.07) is 11.3. The lowest BCUT2D eigenvalue weighted by molar-refractivity contribution is -0.143. The molecule has 0 atom stereocenters. The molecule has 3 aromatic rings. The van der Waals surface area contributed by atoms with Crippen molar-refractivity contribution < 1.29 is 13.9 Å². The Hall–Kier alpha value is -1.75. The van der Waals surface area contributed by atoms with Gasteiger partial charge >= 0.3 is 5.97 Å². The molecular weight excluding hydrogens is 361 g/mol. The fourth-order valence-corrected chi connectivity index (χ4v) is 2.64. The highest BCUT2D eigenvalue weighted by Gasteiger charge is 2.10. The van der Waals surface area contributed by atoms with Gasteiger partial charge in [-0.25, -0.2) is 0 Å². The lowest BCUT2D eigenvalue weighted by Crippen LogP contribution is -2.20. The van der Waals surface area contributed by atoms with Crippen molar-refractivity contribution in [3.05, 3.63) is 47.0 Å². The van der Waals surface area contributed by atoms with Gasteiger partial charge in [0.05, 0.1) is 6.42 Å². The van der Waals surface area contributed by atoms with Gasteiger partial charge in [-0.05, 0) is 43.9 Å². The second-order valence-electron chi connectivity index (χ2n) is 5.77. The lowest BCUT2D eigenvalue weighted by Gasteiger charge is -2.09. The molecule has 25 heavy (non-hydrogen) atoms. The number of carbonyl (C=O) groups is 1. The first kappa shape index (κ1) is 21.3. The van der Waals surface area contributed by atoms with Crippen LogP contribution in [0.3, 0.4) is 0 Å². The van der Waals surface area contributed by atoms with Gasteiger partial charge in [-0.2, -0.15) is 0 Å².